The summed E-state index contributed by atoms with van der Waals surface area (Å²) in [4.78, 5) is 2.53. The molecule has 4 aromatic carbocycles. The van der Waals surface area contributed by atoms with Gasteiger partial charge in [-0.1, -0.05) is 91.6 Å². The van der Waals surface area contributed by atoms with E-state index >= 15 is 0 Å². The van der Waals surface area contributed by atoms with Gasteiger partial charge in [0.2, 0.25) is 0 Å². The van der Waals surface area contributed by atoms with Gasteiger partial charge in [0.15, 0.2) is 0 Å². The maximum absolute atomic E-state index is 2.53. The quantitative estimate of drug-likeness (QED) is 0.245. The SMILES string of the molecule is C1=C(C2CCCCC2)CCC(N(c2ccccc2)c2cc3c4ccccc4sc3c3ccccc23)=C1. The van der Waals surface area contributed by atoms with E-state index < -0.39 is 0 Å². The van der Waals surface area contributed by atoms with Crippen molar-refractivity contribution in [3.05, 3.63) is 108 Å². The Hall–Kier alpha value is -3.36. The summed E-state index contributed by atoms with van der Waals surface area (Å²) in [6.45, 7) is 0. The highest BCUT2D eigenvalue weighted by Crippen LogP contribution is 2.46. The summed E-state index contributed by atoms with van der Waals surface area (Å²) < 4.78 is 2.75. The van der Waals surface area contributed by atoms with Crippen molar-refractivity contribution in [2.24, 2.45) is 5.92 Å². The molecule has 0 N–H and O–H groups in total. The first-order chi connectivity index (χ1) is 17.9. The average Bonchev–Trinajstić information content (AvgIpc) is 3.34. The smallest absolute Gasteiger partial charge is 0.0544 e. The van der Waals surface area contributed by atoms with Crippen LogP contribution in [0.3, 0.4) is 0 Å². The minimum absolute atomic E-state index is 0.802. The third-order valence-corrected chi connectivity index (χ3v) is 9.41. The molecule has 1 nitrogen and oxygen atoms in total. The summed E-state index contributed by atoms with van der Waals surface area (Å²) in [6, 6.07) is 31.2. The largest absolute Gasteiger partial charge is 0.314 e. The fourth-order valence-corrected chi connectivity index (χ4v) is 7.61. The molecule has 2 heteroatoms. The van der Waals surface area contributed by atoms with Gasteiger partial charge in [-0.25, -0.2) is 0 Å². The summed E-state index contributed by atoms with van der Waals surface area (Å²) in [5.74, 6) is 0.802. The van der Waals surface area contributed by atoms with Crippen LogP contribution in [0.25, 0.3) is 30.9 Å². The summed E-state index contributed by atoms with van der Waals surface area (Å²) >= 11 is 1.92. The molecule has 0 radical (unpaired) electrons. The van der Waals surface area contributed by atoms with E-state index in [1.165, 1.54) is 86.5 Å². The minimum Gasteiger partial charge on any atom is -0.314 e. The Morgan fingerprint density at radius 1 is 0.639 bits per heavy atom. The van der Waals surface area contributed by atoms with E-state index in [9.17, 15) is 0 Å². The van der Waals surface area contributed by atoms with Gasteiger partial charge < -0.3 is 4.90 Å². The number of anilines is 2. The van der Waals surface area contributed by atoms with Gasteiger partial charge >= 0.3 is 0 Å². The summed E-state index contributed by atoms with van der Waals surface area (Å²) in [7, 11) is 0. The van der Waals surface area contributed by atoms with Crippen molar-refractivity contribution in [3.8, 4) is 0 Å². The van der Waals surface area contributed by atoms with E-state index in [2.05, 4.69) is 102 Å². The predicted octanol–water partition coefficient (Wildman–Crippen LogP) is 10.5. The zero-order valence-corrected chi connectivity index (χ0v) is 21.4. The van der Waals surface area contributed by atoms with Gasteiger partial charge in [-0.05, 0) is 61.9 Å². The van der Waals surface area contributed by atoms with Crippen LogP contribution in [0.2, 0.25) is 0 Å². The molecule has 1 saturated carbocycles. The number of hydrogen-bond donors (Lipinski definition) is 0. The Morgan fingerprint density at radius 2 is 1.36 bits per heavy atom. The lowest BCUT2D eigenvalue weighted by Crippen LogP contribution is -2.20. The first kappa shape index (κ1) is 21.9. The number of allylic oxidation sites excluding steroid dienone is 4. The second-order valence-electron chi connectivity index (χ2n) is 10.3. The molecule has 0 aliphatic heterocycles. The third kappa shape index (κ3) is 3.76. The van der Waals surface area contributed by atoms with Crippen molar-refractivity contribution >= 4 is 53.7 Å². The van der Waals surface area contributed by atoms with Crippen LogP contribution in [-0.2, 0) is 0 Å². The number of para-hydroxylation sites is 1. The van der Waals surface area contributed by atoms with Crippen LogP contribution in [0.1, 0.15) is 44.9 Å². The molecule has 0 atom stereocenters. The number of nitrogens with zero attached hydrogens (tertiary/aromatic N) is 1. The highest BCUT2D eigenvalue weighted by molar-refractivity contribution is 7.26. The normalized spacial score (nSPS) is 16.9. The van der Waals surface area contributed by atoms with E-state index in [4.69, 9.17) is 0 Å². The summed E-state index contributed by atoms with van der Waals surface area (Å²) in [5.41, 5.74) is 5.59. The Morgan fingerprint density at radius 3 is 2.14 bits per heavy atom. The number of hydrogen-bond acceptors (Lipinski definition) is 2. The third-order valence-electron chi connectivity index (χ3n) is 8.19. The van der Waals surface area contributed by atoms with Gasteiger partial charge in [-0.3, -0.25) is 0 Å². The Bertz CT molecular complexity index is 1620. The Labute approximate surface area is 217 Å². The summed E-state index contributed by atoms with van der Waals surface area (Å²) in [5, 5.41) is 5.39. The van der Waals surface area contributed by atoms with E-state index in [1.54, 1.807) is 5.57 Å². The van der Waals surface area contributed by atoms with E-state index in [-0.39, 0.29) is 0 Å². The number of thiophene rings is 1. The van der Waals surface area contributed by atoms with Crippen molar-refractivity contribution in [2.45, 2.75) is 44.9 Å². The molecule has 178 valence electrons. The molecule has 0 saturated heterocycles. The topological polar surface area (TPSA) is 3.24 Å². The van der Waals surface area contributed by atoms with Crippen LogP contribution in [-0.4, -0.2) is 0 Å². The van der Waals surface area contributed by atoms with Gasteiger partial charge in [0.05, 0.1) is 5.69 Å². The van der Waals surface area contributed by atoms with E-state index in [1.807, 2.05) is 11.3 Å². The maximum Gasteiger partial charge on any atom is 0.0544 e. The van der Waals surface area contributed by atoms with Crippen molar-refractivity contribution in [3.63, 3.8) is 0 Å². The monoisotopic (exact) mass is 485 g/mol. The molecule has 5 aromatic rings. The zero-order chi connectivity index (χ0) is 23.9. The molecule has 0 unspecified atom stereocenters. The van der Waals surface area contributed by atoms with Gasteiger partial charge in [0, 0.05) is 42.3 Å². The first-order valence-corrected chi connectivity index (χ1v) is 14.3. The van der Waals surface area contributed by atoms with Crippen LogP contribution in [0, 0.1) is 5.92 Å². The second kappa shape index (κ2) is 9.26. The van der Waals surface area contributed by atoms with Gasteiger partial charge in [0.1, 0.15) is 0 Å². The summed E-state index contributed by atoms with van der Waals surface area (Å²) in [6.07, 6.45) is 14.1. The lowest BCUT2D eigenvalue weighted by molar-refractivity contribution is 0.393. The molecule has 2 aliphatic rings. The molecular weight excluding hydrogens is 454 g/mol. The molecule has 1 heterocycles. The fraction of sp³-hybridized carbons (Fsp3) is 0.235. The van der Waals surface area contributed by atoms with Crippen LogP contribution in [0.15, 0.2) is 108 Å². The average molecular weight is 486 g/mol. The van der Waals surface area contributed by atoms with Crippen molar-refractivity contribution in [2.75, 3.05) is 4.90 Å². The molecule has 36 heavy (non-hydrogen) atoms. The maximum atomic E-state index is 2.53. The molecule has 0 bridgehead atoms. The molecule has 7 rings (SSSR count). The number of benzene rings is 4. The molecule has 2 aliphatic carbocycles. The van der Waals surface area contributed by atoms with E-state index in [0.717, 1.165) is 12.3 Å². The molecular formula is C34H31NS. The number of rotatable bonds is 4. The standard InChI is InChI=1S/C34H31NS/c1-3-11-24(12-4-1)25-19-21-27(22-20-25)35(26-13-5-2-6-14-26)32-23-31-29-16-9-10-18-33(29)36-34(31)30-17-8-7-15-28(30)32/h2,5-10,13-19,21,23-24H,1,3-4,11-12,20,22H2. The lowest BCUT2D eigenvalue weighted by atomic mass is 9.80. The number of fused-ring (bicyclic) bond motifs is 5. The molecule has 1 fully saturated rings. The minimum atomic E-state index is 0.802. The molecule has 0 spiro atoms. The predicted molar refractivity (Wildman–Crippen MR) is 157 cm³/mol. The zero-order valence-electron chi connectivity index (χ0n) is 20.6. The Kier molecular flexibility index (Phi) is 5.63. The highest BCUT2D eigenvalue weighted by atomic mass is 32.1. The van der Waals surface area contributed by atoms with Gasteiger partial charge in [-0.2, -0.15) is 0 Å². The molecule has 1 aromatic heterocycles. The molecule has 0 amide bonds. The van der Waals surface area contributed by atoms with Gasteiger partial charge in [0.25, 0.3) is 0 Å². The van der Waals surface area contributed by atoms with Crippen molar-refractivity contribution < 1.29 is 0 Å². The van der Waals surface area contributed by atoms with Crippen LogP contribution in [0.4, 0.5) is 11.4 Å². The lowest BCUT2D eigenvalue weighted by Gasteiger charge is -2.33. The van der Waals surface area contributed by atoms with Crippen molar-refractivity contribution in [1.82, 2.24) is 0 Å². The Balaban J connectivity index is 1.44. The van der Waals surface area contributed by atoms with Crippen LogP contribution < -0.4 is 4.90 Å². The fourth-order valence-electron chi connectivity index (χ4n) is 6.39. The van der Waals surface area contributed by atoms with Crippen LogP contribution >= 0.6 is 11.3 Å². The van der Waals surface area contributed by atoms with Gasteiger partial charge in [-0.15, -0.1) is 11.3 Å². The van der Waals surface area contributed by atoms with Crippen molar-refractivity contribution in [1.29, 1.82) is 0 Å². The van der Waals surface area contributed by atoms with E-state index in [0.29, 0.717) is 0 Å². The van der Waals surface area contributed by atoms with Crippen LogP contribution in [0.5, 0.6) is 0 Å². The first-order valence-electron chi connectivity index (χ1n) is 13.4. The second-order valence-corrected chi connectivity index (χ2v) is 11.4. The highest BCUT2D eigenvalue weighted by Gasteiger charge is 2.24.